The van der Waals surface area contributed by atoms with E-state index in [1.165, 1.54) is 6.07 Å². The number of aromatic hydroxyl groups is 1. The van der Waals surface area contributed by atoms with Gasteiger partial charge in [-0.05, 0) is 80.2 Å². The van der Waals surface area contributed by atoms with E-state index in [9.17, 15) is 5.11 Å². The van der Waals surface area contributed by atoms with Gasteiger partial charge in [-0.15, -0.1) is 6.42 Å². The summed E-state index contributed by atoms with van der Waals surface area (Å²) in [5.74, 6) is 2.81. The lowest BCUT2D eigenvalue weighted by atomic mass is 9.91. The lowest BCUT2D eigenvalue weighted by molar-refractivity contribution is -0.0532. The van der Waals surface area contributed by atoms with E-state index in [1.54, 1.807) is 12.1 Å². The Morgan fingerprint density at radius 2 is 1.94 bits per heavy atom. The van der Waals surface area contributed by atoms with Crippen molar-refractivity contribution in [3.8, 4) is 35.2 Å². The zero-order valence-electron chi connectivity index (χ0n) is 27.1. The van der Waals surface area contributed by atoms with E-state index in [-0.39, 0.29) is 38.9 Å². The Morgan fingerprint density at radius 1 is 1.15 bits per heavy atom. The maximum absolute atomic E-state index is 17.2. The molecule has 4 heterocycles. The normalized spacial score (nSPS) is 23.9. The largest absolute Gasteiger partial charge is 0.508 e. The molecule has 4 aromatic rings. The number of nitrogens with zero attached hydrogens (tertiary/aromatic N) is 4. The van der Waals surface area contributed by atoms with Gasteiger partial charge in [0.25, 0.3) is 0 Å². The average Bonchev–Trinajstić information content (AvgIpc) is 3.99. The van der Waals surface area contributed by atoms with Gasteiger partial charge in [-0.1, -0.05) is 29.7 Å². The fourth-order valence-corrected chi connectivity index (χ4v) is 8.63. The number of fused-ring (bicyclic) bond motifs is 4. The van der Waals surface area contributed by atoms with Gasteiger partial charge in [-0.25, -0.2) is 4.39 Å². The van der Waals surface area contributed by atoms with E-state index in [0.29, 0.717) is 51.8 Å². The highest BCUT2D eigenvalue weighted by Crippen LogP contribution is 2.49. The standard InChI is InChI=1S/C38H39ClFN5O3/c1-3-27-22(2)4-5-23-14-26(46)15-28(31(23)27)32-30(39)16-29-34(33(32)40)42-36(43-35(29)45-17-24-6-7-25(18-45)41-24)47-21-37(8-9-37)19-44-12-13-48-38(20-44)10-11-38/h1,4-5,14-16,24-25,41,46H,6-13,17-21H2,2H3. The summed E-state index contributed by atoms with van der Waals surface area (Å²) >= 11 is 6.99. The van der Waals surface area contributed by atoms with E-state index >= 15 is 4.39 Å². The molecule has 1 aromatic heterocycles. The number of hydrogen-bond donors (Lipinski definition) is 2. The van der Waals surface area contributed by atoms with Gasteiger partial charge in [0.15, 0.2) is 5.82 Å². The van der Waals surface area contributed by atoms with Crippen molar-refractivity contribution in [3.63, 3.8) is 0 Å². The fourth-order valence-electron chi connectivity index (χ4n) is 8.34. The summed E-state index contributed by atoms with van der Waals surface area (Å²) in [6.45, 7) is 7.56. The fraction of sp³-hybridized carbons (Fsp3) is 0.474. The number of benzene rings is 3. The van der Waals surface area contributed by atoms with Gasteiger partial charge in [0.1, 0.15) is 17.1 Å². The van der Waals surface area contributed by atoms with Crippen molar-refractivity contribution >= 4 is 39.1 Å². The zero-order chi connectivity index (χ0) is 32.8. The van der Waals surface area contributed by atoms with Crippen molar-refractivity contribution in [2.45, 2.75) is 63.1 Å². The Bertz CT molecular complexity index is 2010. The van der Waals surface area contributed by atoms with Gasteiger partial charge in [-0.2, -0.15) is 9.97 Å². The predicted octanol–water partition coefficient (Wildman–Crippen LogP) is 6.20. The maximum atomic E-state index is 17.2. The number of nitrogens with one attached hydrogen (secondary N) is 1. The van der Waals surface area contributed by atoms with Crippen molar-refractivity contribution in [3.05, 3.63) is 52.3 Å². The monoisotopic (exact) mass is 667 g/mol. The number of halogens is 2. The van der Waals surface area contributed by atoms with Crippen molar-refractivity contribution in [2.75, 3.05) is 50.8 Å². The second kappa shape index (κ2) is 11.2. The van der Waals surface area contributed by atoms with Gasteiger partial charge in [0.05, 0.1) is 23.8 Å². The van der Waals surface area contributed by atoms with Crippen molar-refractivity contribution in [1.29, 1.82) is 0 Å². The van der Waals surface area contributed by atoms with E-state index < -0.39 is 5.82 Å². The molecule has 2 saturated carbocycles. The number of ether oxygens (including phenoxy) is 2. The van der Waals surface area contributed by atoms with Crippen LogP contribution in [0, 0.1) is 30.5 Å². The lowest BCUT2D eigenvalue weighted by Gasteiger charge is -2.35. The summed E-state index contributed by atoms with van der Waals surface area (Å²) < 4.78 is 29.6. The molecule has 5 aliphatic rings. The van der Waals surface area contributed by atoms with Crippen LogP contribution in [0.15, 0.2) is 30.3 Å². The number of morpholine rings is 1. The minimum atomic E-state index is -0.593. The molecule has 248 valence electrons. The highest BCUT2D eigenvalue weighted by molar-refractivity contribution is 6.35. The molecule has 2 unspecified atom stereocenters. The molecule has 2 bridgehead atoms. The zero-order valence-corrected chi connectivity index (χ0v) is 27.9. The van der Waals surface area contributed by atoms with Gasteiger partial charge < -0.3 is 24.8 Å². The Morgan fingerprint density at radius 3 is 2.67 bits per heavy atom. The molecule has 9 rings (SSSR count). The molecule has 2 aliphatic carbocycles. The molecule has 1 spiro atoms. The van der Waals surface area contributed by atoms with Crippen LogP contribution in [-0.2, 0) is 4.74 Å². The van der Waals surface area contributed by atoms with Gasteiger partial charge in [0, 0.05) is 72.1 Å². The second-order valence-corrected chi connectivity index (χ2v) is 15.2. The van der Waals surface area contributed by atoms with Gasteiger partial charge in [0.2, 0.25) is 0 Å². The number of rotatable bonds is 7. The third-order valence-electron chi connectivity index (χ3n) is 11.2. The molecule has 2 N–H and O–H groups in total. The third kappa shape index (κ3) is 5.25. The first-order valence-corrected chi connectivity index (χ1v) is 17.5. The summed E-state index contributed by atoms with van der Waals surface area (Å²) in [6.07, 6.45) is 12.6. The Hall–Kier alpha value is -3.68. The Labute approximate surface area is 284 Å². The number of aryl methyl sites for hydroxylation is 1. The van der Waals surface area contributed by atoms with Crippen molar-refractivity contribution in [2.24, 2.45) is 5.41 Å². The molecule has 0 radical (unpaired) electrons. The molecular formula is C38H39ClFN5O3. The lowest BCUT2D eigenvalue weighted by Crippen LogP contribution is -2.51. The van der Waals surface area contributed by atoms with E-state index in [0.717, 1.165) is 83.4 Å². The topological polar surface area (TPSA) is 83.0 Å². The third-order valence-corrected chi connectivity index (χ3v) is 11.5. The van der Waals surface area contributed by atoms with Gasteiger partial charge >= 0.3 is 6.01 Å². The van der Waals surface area contributed by atoms with E-state index in [4.69, 9.17) is 37.5 Å². The number of aromatic nitrogens is 2. The molecule has 48 heavy (non-hydrogen) atoms. The summed E-state index contributed by atoms with van der Waals surface area (Å²) in [7, 11) is 0. The van der Waals surface area contributed by atoms with Crippen molar-refractivity contribution < 1.29 is 19.0 Å². The first-order chi connectivity index (χ1) is 23.2. The van der Waals surface area contributed by atoms with Gasteiger partial charge in [-0.3, -0.25) is 4.90 Å². The van der Waals surface area contributed by atoms with E-state index in [2.05, 4.69) is 21.0 Å². The number of phenolic OH excluding ortho intramolecular Hbond substituents is 1. The Balaban J connectivity index is 1.13. The number of piperazine rings is 1. The molecule has 3 aromatic carbocycles. The molecule has 5 fully saturated rings. The summed E-state index contributed by atoms with van der Waals surface area (Å²) in [6, 6.07) is 9.56. The van der Waals surface area contributed by atoms with Crippen molar-refractivity contribution in [1.82, 2.24) is 20.2 Å². The van der Waals surface area contributed by atoms with Crippen LogP contribution < -0.4 is 15.0 Å². The first-order valence-electron chi connectivity index (χ1n) is 17.2. The summed E-state index contributed by atoms with van der Waals surface area (Å²) in [5, 5.41) is 16.5. The van der Waals surface area contributed by atoms with Crippen LogP contribution in [0.5, 0.6) is 11.8 Å². The molecular weight excluding hydrogens is 629 g/mol. The average molecular weight is 668 g/mol. The molecule has 0 amide bonds. The molecule has 3 saturated heterocycles. The molecule has 2 atom stereocenters. The van der Waals surface area contributed by atoms with Crippen LogP contribution in [0.2, 0.25) is 5.02 Å². The molecule has 10 heteroatoms. The number of terminal acetylenes is 1. The van der Waals surface area contributed by atoms with E-state index in [1.807, 2.05) is 19.1 Å². The van der Waals surface area contributed by atoms with Crippen LogP contribution in [0.3, 0.4) is 0 Å². The minimum Gasteiger partial charge on any atom is -0.508 e. The smallest absolute Gasteiger partial charge is 0.319 e. The summed E-state index contributed by atoms with van der Waals surface area (Å²) in [4.78, 5) is 14.4. The highest BCUT2D eigenvalue weighted by Gasteiger charge is 2.51. The maximum Gasteiger partial charge on any atom is 0.319 e. The highest BCUT2D eigenvalue weighted by atomic mass is 35.5. The molecule has 8 nitrogen and oxygen atoms in total. The number of anilines is 1. The van der Waals surface area contributed by atoms with Crippen LogP contribution in [-0.4, -0.2) is 83.6 Å². The number of hydrogen-bond acceptors (Lipinski definition) is 8. The minimum absolute atomic E-state index is 0.00816. The van der Waals surface area contributed by atoms with Crippen LogP contribution >= 0.6 is 11.6 Å². The second-order valence-electron chi connectivity index (χ2n) is 14.8. The van der Waals surface area contributed by atoms with Crippen LogP contribution in [0.1, 0.15) is 49.7 Å². The van der Waals surface area contributed by atoms with Crippen LogP contribution in [0.25, 0.3) is 32.8 Å². The first kappa shape index (κ1) is 30.4. The SMILES string of the molecule is C#Cc1c(C)ccc2cc(O)cc(-c3c(Cl)cc4c(N5CC6CCC(C5)N6)nc(OCC5(CN6CCOC7(CC7)C6)CC5)nc4c3F)c12. The van der Waals surface area contributed by atoms with Crippen LogP contribution in [0.4, 0.5) is 10.2 Å². The molecule has 3 aliphatic heterocycles. The predicted molar refractivity (Wildman–Crippen MR) is 185 cm³/mol. The Kier molecular flexibility index (Phi) is 7.07. The summed E-state index contributed by atoms with van der Waals surface area (Å²) in [5.41, 5.74) is 2.32. The quantitative estimate of drug-likeness (QED) is 0.226. The number of phenols is 1.